The van der Waals surface area contributed by atoms with E-state index in [-0.39, 0.29) is 5.91 Å². The van der Waals surface area contributed by atoms with Crippen LogP contribution in [0.3, 0.4) is 0 Å². The van der Waals surface area contributed by atoms with E-state index in [1.165, 1.54) is 5.56 Å². The Balaban J connectivity index is 1.73. The van der Waals surface area contributed by atoms with Gasteiger partial charge in [-0.3, -0.25) is 9.79 Å². The summed E-state index contributed by atoms with van der Waals surface area (Å²) in [6.45, 7) is 1.43. The third kappa shape index (κ3) is 2.95. The largest absolute Gasteiger partial charge is 0.332 e. The number of aliphatic imine (C=N–C) groups is 1. The second-order valence-corrected chi connectivity index (χ2v) is 6.73. The molecule has 0 radical (unpaired) electrons. The molecule has 1 N–H and O–H groups in total. The van der Waals surface area contributed by atoms with E-state index >= 15 is 0 Å². The Morgan fingerprint density at radius 3 is 2.71 bits per heavy atom. The summed E-state index contributed by atoms with van der Waals surface area (Å²) in [5.74, 6) is 0.832. The van der Waals surface area contributed by atoms with Crippen LogP contribution in [0.25, 0.3) is 10.9 Å². The molecule has 24 heavy (non-hydrogen) atoms. The number of hydrogen-bond acceptors (Lipinski definition) is 3. The summed E-state index contributed by atoms with van der Waals surface area (Å²) < 4.78 is 2.07. The van der Waals surface area contributed by atoms with Crippen molar-refractivity contribution < 1.29 is 4.79 Å². The van der Waals surface area contributed by atoms with Gasteiger partial charge in [0.2, 0.25) is 0 Å². The molecule has 2 heterocycles. The van der Waals surface area contributed by atoms with Crippen molar-refractivity contribution in [3.63, 3.8) is 0 Å². The van der Waals surface area contributed by atoms with Crippen LogP contribution in [0.2, 0.25) is 0 Å². The number of hydrogen-bond donors (Lipinski definition) is 1. The van der Waals surface area contributed by atoms with E-state index in [4.69, 9.17) is 0 Å². The first-order valence-electron chi connectivity index (χ1n) is 7.92. The van der Waals surface area contributed by atoms with E-state index in [9.17, 15) is 4.79 Å². The van der Waals surface area contributed by atoms with Crippen molar-refractivity contribution in [2.75, 3.05) is 12.3 Å². The molecule has 0 aliphatic carbocycles. The van der Waals surface area contributed by atoms with Crippen LogP contribution < -0.4 is 5.32 Å². The molecule has 4 rings (SSSR count). The van der Waals surface area contributed by atoms with Gasteiger partial charge < -0.3 is 9.88 Å². The fourth-order valence-electron chi connectivity index (χ4n) is 2.91. The van der Waals surface area contributed by atoms with Crippen molar-refractivity contribution in [3.8, 4) is 0 Å². The van der Waals surface area contributed by atoms with Gasteiger partial charge in [-0.05, 0) is 17.7 Å². The second-order valence-electron chi connectivity index (χ2n) is 5.65. The monoisotopic (exact) mass is 335 g/mol. The zero-order valence-corrected chi connectivity index (χ0v) is 13.9. The number of thioether (sulfide) groups is 1. The lowest BCUT2D eigenvalue weighted by atomic mass is 10.2. The molecule has 0 saturated heterocycles. The van der Waals surface area contributed by atoms with Crippen LogP contribution in [0.15, 0.2) is 65.7 Å². The Labute approximate surface area is 144 Å². The molecule has 0 fully saturated rings. The molecule has 120 valence electrons. The summed E-state index contributed by atoms with van der Waals surface area (Å²) in [7, 11) is 0. The molecular weight excluding hydrogens is 318 g/mol. The number of aromatic nitrogens is 1. The van der Waals surface area contributed by atoms with Crippen LogP contribution in [0.4, 0.5) is 0 Å². The van der Waals surface area contributed by atoms with Crippen LogP contribution in [0.5, 0.6) is 0 Å². The lowest BCUT2D eigenvalue weighted by Crippen LogP contribution is -2.29. The SMILES string of the molecule is O=C(NC1=NCCS1)c1cc2ccccc2n1Cc1ccccc1. The average molecular weight is 335 g/mol. The Bertz CT molecular complexity index is 915. The van der Waals surface area contributed by atoms with Crippen molar-refractivity contribution in [2.24, 2.45) is 4.99 Å². The van der Waals surface area contributed by atoms with Crippen molar-refractivity contribution in [1.29, 1.82) is 0 Å². The van der Waals surface area contributed by atoms with Gasteiger partial charge in [-0.2, -0.15) is 0 Å². The smallest absolute Gasteiger partial charge is 0.273 e. The molecule has 2 aromatic carbocycles. The van der Waals surface area contributed by atoms with Gasteiger partial charge in [0, 0.05) is 23.2 Å². The third-order valence-electron chi connectivity index (χ3n) is 4.03. The van der Waals surface area contributed by atoms with Crippen LogP contribution in [-0.4, -0.2) is 27.9 Å². The maximum atomic E-state index is 12.8. The highest BCUT2D eigenvalue weighted by atomic mass is 32.2. The first-order valence-corrected chi connectivity index (χ1v) is 8.90. The zero-order valence-electron chi connectivity index (χ0n) is 13.1. The normalized spacial score (nSPS) is 13.9. The minimum absolute atomic E-state index is 0.102. The molecule has 3 aromatic rings. The Morgan fingerprint density at radius 1 is 1.12 bits per heavy atom. The highest BCUT2D eigenvalue weighted by Crippen LogP contribution is 2.22. The molecule has 0 spiro atoms. The second kappa shape index (κ2) is 6.53. The van der Waals surface area contributed by atoms with E-state index in [0.29, 0.717) is 12.2 Å². The number of carbonyl (C=O) groups excluding carboxylic acids is 1. The molecule has 1 aromatic heterocycles. The fourth-order valence-corrected chi connectivity index (χ4v) is 3.63. The van der Waals surface area contributed by atoms with Gasteiger partial charge in [0.15, 0.2) is 5.17 Å². The Morgan fingerprint density at radius 2 is 1.92 bits per heavy atom. The van der Waals surface area contributed by atoms with Gasteiger partial charge in [-0.1, -0.05) is 60.3 Å². The zero-order chi connectivity index (χ0) is 16.4. The van der Waals surface area contributed by atoms with Gasteiger partial charge in [-0.15, -0.1) is 0 Å². The van der Waals surface area contributed by atoms with E-state index in [1.807, 2.05) is 42.5 Å². The summed E-state index contributed by atoms with van der Waals surface area (Å²) >= 11 is 1.59. The molecule has 0 unspecified atom stereocenters. The Kier molecular flexibility index (Phi) is 4.09. The van der Waals surface area contributed by atoms with Crippen molar-refractivity contribution in [2.45, 2.75) is 6.54 Å². The van der Waals surface area contributed by atoms with Gasteiger partial charge in [0.1, 0.15) is 5.69 Å². The summed E-state index contributed by atoms with van der Waals surface area (Å²) in [4.78, 5) is 17.1. The van der Waals surface area contributed by atoms with Crippen LogP contribution >= 0.6 is 11.8 Å². The quantitative estimate of drug-likeness (QED) is 0.796. The summed E-state index contributed by atoms with van der Waals surface area (Å²) in [6.07, 6.45) is 0. The number of rotatable bonds is 3. The van der Waals surface area contributed by atoms with Crippen molar-refractivity contribution >= 4 is 33.7 Å². The number of fused-ring (bicyclic) bond motifs is 1. The lowest BCUT2D eigenvalue weighted by Gasteiger charge is -2.11. The number of nitrogens with zero attached hydrogens (tertiary/aromatic N) is 2. The molecule has 4 nitrogen and oxygen atoms in total. The maximum absolute atomic E-state index is 12.8. The van der Waals surface area contributed by atoms with Gasteiger partial charge in [0.05, 0.1) is 6.54 Å². The van der Waals surface area contributed by atoms with Gasteiger partial charge in [-0.25, -0.2) is 0 Å². The first-order chi connectivity index (χ1) is 11.8. The minimum Gasteiger partial charge on any atom is -0.332 e. The number of carbonyl (C=O) groups is 1. The highest BCUT2D eigenvalue weighted by molar-refractivity contribution is 8.14. The van der Waals surface area contributed by atoms with E-state index in [0.717, 1.165) is 28.4 Å². The number of para-hydroxylation sites is 1. The van der Waals surface area contributed by atoms with Crippen LogP contribution in [0, 0.1) is 0 Å². The summed E-state index contributed by atoms with van der Waals surface area (Å²) in [5.41, 5.74) is 2.89. The van der Waals surface area contributed by atoms with E-state index in [1.54, 1.807) is 11.8 Å². The van der Waals surface area contributed by atoms with E-state index in [2.05, 4.69) is 33.1 Å². The lowest BCUT2D eigenvalue weighted by molar-refractivity contribution is 0.0970. The number of amides is 1. The molecule has 1 amide bonds. The molecule has 0 atom stereocenters. The molecule has 5 heteroatoms. The van der Waals surface area contributed by atoms with Gasteiger partial charge >= 0.3 is 0 Å². The fraction of sp³-hybridized carbons (Fsp3) is 0.158. The maximum Gasteiger partial charge on any atom is 0.273 e. The molecule has 0 saturated carbocycles. The van der Waals surface area contributed by atoms with E-state index < -0.39 is 0 Å². The third-order valence-corrected chi connectivity index (χ3v) is 4.92. The van der Waals surface area contributed by atoms with Crippen molar-refractivity contribution in [1.82, 2.24) is 9.88 Å². The standard InChI is InChI=1S/C19H17N3OS/c23-18(21-19-20-10-11-24-19)17-12-15-8-4-5-9-16(15)22(17)13-14-6-2-1-3-7-14/h1-9,12H,10-11,13H2,(H,20,21,23). The number of benzene rings is 2. The summed E-state index contributed by atoms with van der Waals surface area (Å²) in [6, 6.07) is 20.2. The highest BCUT2D eigenvalue weighted by Gasteiger charge is 2.18. The Hall–Kier alpha value is -2.53. The predicted octanol–water partition coefficient (Wildman–Crippen LogP) is 3.52. The van der Waals surface area contributed by atoms with Crippen LogP contribution in [0.1, 0.15) is 16.1 Å². The van der Waals surface area contributed by atoms with Crippen molar-refractivity contribution in [3.05, 3.63) is 71.9 Å². The van der Waals surface area contributed by atoms with Crippen LogP contribution in [-0.2, 0) is 6.54 Å². The molecular formula is C19H17N3OS. The first kappa shape index (κ1) is 15.0. The topological polar surface area (TPSA) is 46.4 Å². The molecule has 1 aliphatic rings. The molecule has 0 bridgehead atoms. The van der Waals surface area contributed by atoms with Gasteiger partial charge in [0.25, 0.3) is 5.91 Å². The average Bonchev–Trinajstić information content (AvgIpc) is 3.24. The minimum atomic E-state index is -0.102. The number of amidine groups is 1. The predicted molar refractivity (Wildman–Crippen MR) is 99.7 cm³/mol. The summed E-state index contributed by atoms with van der Waals surface area (Å²) in [5, 5.41) is 4.72. The molecule has 1 aliphatic heterocycles. The number of nitrogens with one attached hydrogen (secondary N) is 1.